The van der Waals surface area contributed by atoms with Gasteiger partial charge < -0.3 is 5.32 Å². The first kappa shape index (κ1) is 17.5. The molecule has 1 aromatic heterocycles. The van der Waals surface area contributed by atoms with E-state index in [0.717, 1.165) is 30.0 Å². The standard InChI is InChI=1S/C20H24FN3O/c1-14(25)23-20-18(12-7-15-5-3-2-4-6-15)24-19(13-22-20)16-8-10-17(21)11-9-16/h8-11,13,15H,2-7,12H2,1H3,(H,22,23,25). The molecule has 1 aliphatic rings. The molecule has 1 amide bonds. The van der Waals surface area contributed by atoms with Crippen molar-refractivity contribution >= 4 is 11.7 Å². The van der Waals surface area contributed by atoms with Crippen LogP contribution in [0, 0.1) is 11.7 Å². The summed E-state index contributed by atoms with van der Waals surface area (Å²) in [6, 6.07) is 6.23. The Morgan fingerprint density at radius 3 is 2.60 bits per heavy atom. The van der Waals surface area contributed by atoms with Crippen LogP contribution in [0.2, 0.25) is 0 Å². The van der Waals surface area contributed by atoms with Crippen molar-refractivity contribution < 1.29 is 9.18 Å². The highest BCUT2D eigenvalue weighted by Gasteiger charge is 2.16. The molecular formula is C20H24FN3O. The van der Waals surface area contributed by atoms with Gasteiger partial charge >= 0.3 is 0 Å². The van der Waals surface area contributed by atoms with E-state index in [9.17, 15) is 9.18 Å². The fourth-order valence-corrected chi connectivity index (χ4v) is 3.45. The van der Waals surface area contributed by atoms with Crippen molar-refractivity contribution in [3.05, 3.63) is 42.0 Å². The van der Waals surface area contributed by atoms with Gasteiger partial charge in [-0.1, -0.05) is 32.1 Å². The van der Waals surface area contributed by atoms with Crippen LogP contribution in [0.15, 0.2) is 30.5 Å². The Morgan fingerprint density at radius 1 is 1.20 bits per heavy atom. The number of hydrogen-bond acceptors (Lipinski definition) is 3. The SMILES string of the molecule is CC(=O)Nc1ncc(-c2ccc(F)cc2)nc1CCC1CCCCC1. The Balaban J connectivity index is 1.81. The maximum atomic E-state index is 13.1. The second-order valence-corrected chi connectivity index (χ2v) is 6.78. The number of anilines is 1. The number of benzene rings is 1. The quantitative estimate of drug-likeness (QED) is 0.853. The summed E-state index contributed by atoms with van der Waals surface area (Å²) < 4.78 is 13.1. The minimum Gasteiger partial charge on any atom is -0.309 e. The third kappa shape index (κ3) is 4.84. The summed E-state index contributed by atoms with van der Waals surface area (Å²) in [6.45, 7) is 1.47. The van der Waals surface area contributed by atoms with Crippen molar-refractivity contribution in [1.82, 2.24) is 9.97 Å². The van der Waals surface area contributed by atoms with Gasteiger partial charge in [-0.3, -0.25) is 4.79 Å². The van der Waals surface area contributed by atoms with Crippen LogP contribution in [0.3, 0.4) is 0 Å². The zero-order valence-electron chi connectivity index (χ0n) is 14.6. The largest absolute Gasteiger partial charge is 0.309 e. The van der Waals surface area contributed by atoms with E-state index in [1.165, 1.54) is 51.2 Å². The van der Waals surface area contributed by atoms with E-state index in [0.29, 0.717) is 11.5 Å². The number of nitrogens with one attached hydrogen (secondary N) is 1. The lowest BCUT2D eigenvalue weighted by molar-refractivity contribution is -0.114. The van der Waals surface area contributed by atoms with Gasteiger partial charge in [0.15, 0.2) is 5.82 Å². The van der Waals surface area contributed by atoms with Gasteiger partial charge in [-0.15, -0.1) is 0 Å². The van der Waals surface area contributed by atoms with Crippen molar-refractivity contribution in [1.29, 1.82) is 0 Å². The average molecular weight is 341 g/mol. The first-order chi connectivity index (χ1) is 12.1. The van der Waals surface area contributed by atoms with Crippen molar-refractivity contribution in [3.63, 3.8) is 0 Å². The zero-order chi connectivity index (χ0) is 17.6. The lowest BCUT2D eigenvalue weighted by atomic mass is 9.86. The molecule has 132 valence electrons. The lowest BCUT2D eigenvalue weighted by Gasteiger charge is -2.21. The second kappa shape index (κ2) is 8.19. The number of carbonyl (C=O) groups is 1. The number of hydrogen-bond donors (Lipinski definition) is 1. The molecule has 4 nitrogen and oxygen atoms in total. The van der Waals surface area contributed by atoms with Crippen LogP contribution in [0.25, 0.3) is 11.3 Å². The molecule has 1 fully saturated rings. The van der Waals surface area contributed by atoms with Crippen LogP contribution in [0.1, 0.15) is 51.1 Å². The average Bonchev–Trinajstić information content (AvgIpc) is 2.62. The fraction of sp³-hybridized carbons (Fsp3) is 0.450. The Morgan fingerprint density at radius 2 is 1.92 bits per heavy atom. The highest BCUT2D eigenvalue weighted by molar-refractivity contribution is 5.88. The van der Waals surface area contributed by atoms with Gasteiger partial charge in [0.2, 0.25) is 5.91 Å². The van der Waals surface area contributed by atoms with Gasteiger partial charge in [0.1, 0.15) is 5.82 Å². The first-order valence-electron chi connectivity index (χ1n) is 9.01. The fourth-order valence-electron chi connectivity index (χ4n) is 3.45. The van der Waals surface area contributed by atoms with E-state index in [1.54, 1.807) is 18.3 Å². The molecule has 0 unspecified atom stereocenters. The summed E-state index contributed by atoms with van der Waals surface area (Å²) in [7, 11) is 0. The van der Waals surface area contributed by atoms with Crippen LogP contribution < -0.4 is 5.32 Å². The van der Waals surface area contributed by atoms with E-state index in [4.69, 9.17) is 4.98 Å². The van der Waals surface area contributed by atoms with Crippen molar-refractivity contribution in [2.24, 2.45) is 5.92 Å². The van der Waals surface area contributed by atoms with Crippen LogP contribution in [-0.4, -0.2) is 15.9 Å². The van der Waals surface area contributed by atoms with Gasteiger partial charge in [-0.2, -0.15) is 0 Å². The number of aryl methyl sites for hydroxylation is 1. The summed E-state index contributed by atoms with van der Waals surface area (Å²) in [5.41, 5.74) is 2.33. The zero-order valence-corrected chi connectivity index (χ0v) is 14.6. The number of aromatic nitrogens is 2. The van der Waals surface area contributed by atoms with E-state index < -0.39 is 0 Å². The molecule has 1 saturated carbocycles. The molecule has 3 rings (SSSR count). The third-order valence-electron chi connectivity index (χ3n) is 4.79. The monoisotopic (exact) mass is 341 g/mol. The molecule has 5 heteroatoms. The summed E-state index contributed by atoms with van der Waals surface area (Å²) in [5, 5.41) is 2.78. The highest BCUT2D eigenvalue weighted by Crippen LogP contribution is 2.29. The Bertz CT molecular complexity index is 724. The van der Waals surface area contributed by atoms with Crippen molar-refractivity contribution in [2.75, 3.05) is 5.32 Å². The van der Waals surface area contributed by atoms with Gasteiger partial charge in [0.25, 0.3) is 0 Å². The maximum Gasteiger partial charge on any atom is 0.222 e. The van der Waals surface area contributed by atoms with Gasteiger partial charge in [0.05, 0.1) is 17.6 Å². The third-order valence-corrected chi connectivity index (χ3v) is 4.79. The van der Waals surface area contributed by atoms with Crippen molar-refractivity contribution in [3.8, 4) is 11.3 Å². The molecule has 0 radical (unpaired) electrons. The molecule has 1 N–H and O–H groups in total. The van der Waals surface area contributed by atoms with Crippen molar-refractivity contribution in [2.45, 2.75) is 51.9 Å². The molecule has 0 bridgehead atoms. The molecule has 0 spiro atoms. The Kier molecular flexibility index (Phi) is 5.74. The van der Waals surface area contributed by atoms with Crippen LogP contribution in [0.5, 0.6) is 0 Å². The molecule has 2 aromatic rings. The predicted octanol–water partition coefficient (Wildman–Crippen LogP) is 4.75. The van der Waals surface area contributed by atoms with Crippen LogP contribution in [-0.2, 0) is 11.2 Å². The summed E-state index contributed by atoms with van der Waals surface area (Å²) >= 11 is 0. The number of nitrogens with zero attached hydrogens (tertiary/aromatic N) is 2. The molecular weight excluding hydrogens is 317 g/mol. The predicted molar refractivity (Wildman–Crippen MR) is 96.6 cm³/mol. The maximum absolute atomic E-state index is 13.1. The molecule has 0 aliphatic heterocycles. The summed E-state index contributed by atoms with van der Waals surface area (Å²) in [5.74, 6) is 0.844. The van der Waals surface area contributed by atoms with Gasteiger partial charge in [0, 0.05) is 12.5 Å². The molecule has 0 atom stereocenters. The van der Waals surface area contributed by atoms with Crippen LogP contribution >= 0.6 is 0 Å². The highest BCUT2D eigenvalue weighted by atomic mass is 19.1. The molecule has 25 heavy (non-hydrogen) atoms. The number of rotatable bonds is 5. The normalized spacial score (nSPS) is 15.1. The molecule has 1 aliphatic carbocycles. The van der Waals surface area contributed by atoms with Gasteiger partial charge in [-0.05, 0) is 43.0 Å². The smallest absolute Gasteiger partial charge is 0.222 e. The summed E-state index contributed by atoms with van der Waals surface area (Å²) in [4.78, 5) is 20.5. The molecule has 1 aromatic carbocycles. The minimum absolute atomic E-state index is 0.150. The van der Waals surface area contributed by atoms with Crippen LogP contribution in [0.4, 0.5) is 10.2 Å². The first-order valence-corrected chi connectivity index (χ1v) is 9.01. The lowest BCUT2D eigenvalue weighted by Crippen LogP contribution is -2.13. The Hall–Kier alpha value is -2.30. The van der Waals surface area contributed by atoms with E-state index in [-0.39, 0.29) is 11.7 Å². The number of amides is 1. The topological polar surface area (TPSA) is 54.9 Å². The molecule has 1 heterocycles. The second-order valence-electron chi connectivity index (χ2n) is 6.78. The summed E-state index contributed by atoms with van der Waals surface area (Å²) in [6.07, 6.45) is 10.0. The van der Waals surface area contributed by atoms with E-state index in [1.807, 2.05) is 0 Å². The van der Waals surface area contributed by atoms with E-state index in [2.05, 4.69) is 10.3 Å². The minimum atomic E-state index is -0.274. The Labute approximate surface area is 147 Å². The van der Waals surface area contributed by atoms with E-state index >= 15 is 0 Å². The number of carbonyl (C=O) groups excluding carboxylic acids is 1. The molecule has 0 saturated heterocycles. The van der Waals surface area contributed by atoms with Gasteiger partial charge in [-0.25, -0.2) is 14.4 Å². The number of halogens is 1.